The van der Waals surface area contributed by atoms with E-state index in [0.717, 1.165) is 35.1 Å². The van der Waals surface area contributed by atoms with Gasteiger partial charge in [0.05, 0.1) is 13.2 Å². The third kappa shape index (κ3) is 2.18. The summed E-state index contributed by atoms with van der Waals surface area (Å²) in [5.74, 6) is 0. The predicted molar refractivity (Wildman–Crippen MR) is 97.1 cm³/mol. The Hall–Kier alpha value is -2.16. The van der Waals surface area contributed by atoms with Crippen molar-refractivity contribution in [2.24, 2.45) is 10.8 Å². The van der Waals surface area contributed by atoms with E-state index >= 15 is 0 Å². The molecule has 122 valence electrons. The average Bonchev–Trinajstić information content (AvgIpc) is 2.69. The van der Waals surface area contributed by atoms with E-state index in [-0.39, 0.29) is 24.0 Å². The van der Waals surface area contributed by atoms with E-state index in [0.29, 0.717) is 0 Å². The van der Waals surface area contributed by atoms with Crippen molar-refractivity contribution in [2.75, 3.05) is 13.2 Å². The van der Waals surface area contributed by atoms with Crippen molar-refractivity contribution in [3.05, 3.63) is 83.9 Å². The van der Waals surface area contributed by atoms with Crippen LogP contribution in [0.4, 0.5) is 0 Å². The van der Waals surface area contributed by atoms with Crippen molar-refractivity contribution in [2.45, 2.75) is 12.8 Å². The second-order valence-electron chi connectivity index (χ2n) is 6.98. The highest BCUT2D eigenvalue weighted by atomic mass is 16.3. The van der Waals surface area contributed by atoms with Crippen molar-refractivity contribution in [1.82, 2.24) is 0 Å². The maximum Gasteiger partial charge on any atom is 0.0563 e. The van der Waals surface area contributed by atoms with Gasteiger partial charge >= 0.3 is 0 Å². The molecule has 0 saturated heterocycles. The van der Waals surface area contributed by atoms with Crippen molar-refractivity contribution in [3.63, 3.8) is 0 Å². The smallest absolute Gasteiger partial charge is 0.0563 e. The molecule has 5 rings (SSSR count). The van der Waals surface area contributed by atoms with Crippen LogP contribution in [0.5, 0.6) is 0 Å². The first-order valence-electron chi connectivity index (χ1n) is 8.52. The molecule has 3 aliphatic carbocycles. The van der Waals surface area contributed by atoms with Crippen molar-refractivity contribution in [1.29, 1.82) is 0 Å². The van der Waals surface area contributed by atoms with Gasteiger partial charge in [0.25, 0.3) is 0 Å². The molecule has 0 amide bonds. The van der Waals surface area contributed by atoms with Crippen LogP contribution in [0.25, 0.3) is 11.1 Å². The van der Waals surface area contributed by atoms with Crippen LogP contribution in [0, 0.1) is 10.8 Å². The largest absolute Gasteiger partial charge is 0.395 e. The fourth-order valence-electron chi connectivity index (χ4n) is 4.25. The van der Waals surface area contributed by atoms with Gasteiger partial charge < -0.3 is 10.2 Å². The fraction of sp³-hybridized carbons (Fsp3) is 0.273. The van der Waals surface area contributed by atoms with E-state index in [4.69, 9.17) is 0 Å². The lowest BCUT2D eigenvalue weighted by Crippen LogP contribution is -2.42. The van der Waals surface area contributed by atoms with E-state index < -0.39 is 0 Å². The predicted octanol–water partition coefficient (Wildman–Crippen LogP) is 3.92. The normalized spacial score (nSPS) is 28.4. The molecular formula is C22H22O2. The van der Waals surface area contributed by atoms with Gasteiger partial charge in [0, 0.05) is 10.8 Å². The van der Waals surface area contributed by atoms with Gasteiger partial charge in [0.2, 0.25) is 0 Å². The maximum atomic E-state index is 10.3. The van der Waals surface area contributed by atoms with Crippen LogP contribution in [0.15, 0.2) is 72.8 Å². The molecule has 0 heterocycles. The van der Waals surface area contributed by atoms with Crippen molar-refractivity contribution in [3.8, 4) is 0 Å². The van der Waals surface area contributed by atoms with Crippen LogP contribution in [0.2, 0.25) is 0 Å². The van der Waals surface area contributed by atoms with Gasteiger partial charge in [-0.2, -0.15) is 0 Å². The Kier molecular flexibility index (Phi) is 3.67. The number of rotatable bonds is 4. The fourth-order valence-corrected chi connectivity index (χ4v) is 4.25. The Balaban J connectivity index is 1.90. The van der Waals surface area contributed by atoms with Crippen LogP contribution in [0.3, 0.4) is 0 Å². The third-order valence-electron chi connectivity index (χ3n) is 5.67. The molecule has 2 bridgehead atoms. The van der Waals surface area contributed by atoms with Gasteiger partial charge in [-0.3, -0.25) is 0 Å². The summed E-state index contributed by atoms with van der Waals surface area (Å²) in [7, 11) is 0. The molecule has 24 heavy (non-hydrogen) atoms. The highest BCUT2D eigenvalue weighted by Gasteiger charge is 2.49. The van der Waals surface area contributed by atoms with E-state index in [1.165, 1.54) is 0 Å². The van der Waals surface area contributed by atoms with Gasteiger partial charge in [-0.15, -0.1) is 0 Å². The summed E-state index contributed by atoms with van der Waals surface area (Å²) in [5.41, 5.74) is 3.84. The lowest BCUT2D eigenvalue weighted by molar-refractivity contribution is 0.140. The highest BCUT2D eigenvalue weighted by Crippen LogP contribution is 2.60. The Bertz CT molecular complexity index is 722. The van der Waals surface area contributed by atoms with Gasteiger partial charge in [-0.05, 0) is 35.1 Å². The summed E-state index contributed by atoms with van der Waals surface area (Å²) >= 11 is 0. The Labute approximate surface area is 142 Å². The van der Waals surface area contributed by atoms with Crippen LogP contribution in [-0.4, -0.2) is 23.4 Å². The summed E-state index contributed by atoms with van der Waals surface area (Å²) in [6.45, 7) is 0.178. The SMILES string of the molecule is OC[C@@]12C=C(c3ccccc3)[C@@](CO)(C=C1c1ccccc1)CC2. The first-order chi connectivity index (χ1) is 11.7. The standard InChI is InChI=1S/C22H22O2/c23-15-21-11-12-22(16-24,13-19(21)17-7-3-1-4-8-17)20(14-21)18-9-5-2-6-10-18/h1-10,13-14,23-24H,11-12,15-16H2/t21-,22-/m1/s1. The topological polar surface area (TPSA) is 40.5 Å². The van der Waals surface area contributed by atoms with E-state index in [1.807, 2.05) is 36.4 Å². The zero-order valence-electron chi connectivity index (χ0n) is 13.7. The average molecular weight is 318 g/mol. The highest BCUT2D eigenvalue weighted by molar-refractivity contribution is 5.87. The minimum Gasteiger partial charge on any atom is -0.395 e. The monoisotopic (exact) mass is 318 g/mol. The molecule has 2 aromatic carbocycles. The summed E-state index contributed by atoms with van der Waals surface area (Å²) in [6, 6.07) is 20.5. The van der Waals surface area contributed by atoms with Gasteiger partial charge in [-0.25, -0.2) is 0 Å². The molecule has 0 unspecified atom stereocenters. The second-order valence-corrected chi connectivity index (χ2v) is 6.98. The molecular weight excluding hydrogens is 296 g/mol. The lowest BCUT2D eigenvalue weighted by Gasteiger charge is -2.50. The van der Waals surface area contributed by atoms with Gasteiger partial charge in [0.15, 0.2) is 0 Å². The minimum absolute atomic E-state index is 0.0889. The van der Waals surface area contributed by atoms with Crippen molar-refractivity contribution >= 4 is 11.1 Å². The Morgan fingerprint density at radius 3 is 1.33 bits per heavy atom. The summed E-state index contributed by atoms with van der Waals surface area (Å²) in [6.07, 6.45) is 6.15. The first kappa shape index (κ1) is 15.4. The molecule has 2 heteroatoms. The van der Waals surface area contributed by atoms with Gasteiger partial charge in [-0.1, -0.05) is 72.8 Å². The van der Waals surface area contributed by atoms with Crippen LogP contribution >= 0.6 is 0 Å². The molecule has 2 nitrogen and oxygen atoms in total. The quantitative estimate of drug-likeness (QED) is 0.897. The number of fused-ring (bicyclic) bond motifs is 1. The summed E-state index contributed by atoms with van der Waals surface area (Å²) < 4.78 is 0. The Morgan fingerprint density at radius 2 is 1.00 bits per heavy atom. The maximum absolute atomic E-state index is 10.3. The zero-order valence-corrected chi connectivity index (χ0v) is 13.7. The molecule has 0 fully saturated rings. The molecule has 3 aliphatic rings. The van der Waals surface area contributed by atoms with E-state index in [9.17, 15) is 10.2 Å². The number of aliphatic hydroxyl groups is 2. The van der Waals surface area contributed by atoms with Crippen LogP contribution < -0.4 is 0 Å². The summed E-state index contributed by atoms with van der Waals surface area (Å²) in [4.78, 5) is 0. The van der Waals surface area contributed by atoms with E-state index in [1.54, 1.807) is 0 Å². The summed E-state index contributed by atoms with van der Waals surface area (Å²) in [5, 5.41) is 20.5. The molecule has 0 aromatic heterocycles. The minimum atomic E-state index is -0.358. The van der Waals surface area contributed by atoms with Gasteiger partial charge in [0.1, 0.15) is 0 Å². The Morgan fingerprint density at radius 1 is 0.625 bits per heavy atom. The van der Waals surface area contributed by atoms with E-state index in [2.05, 4.69) is 36.4 Å². The second kappa shape index (κ2) is 5.73. The molecule has 2 aromatic rings. The lowest BCUT2D eigenvalue weighted by atomic mass is 9.54. The van der Waals surface area contributed by atoms with Crippen molar-refractivity contribution < 1.29 is 10.2 Å². The molecule has 2 atom stereocenters. The first-order valence-corrected chi connectivity index (χ1v) is 8.52. The molecule has 0 aliphatic heterocycles. The molecule has 0 radical (unpaired) electrons. The number of aliphatic hydroxyl groups excluding tert-OH is 2. The number of benzene rings is 2. The molecule has 2 N–H and O–H groups in total. The van der Waals surface area contributed by atoms with Crippen LogP contribution in [0.1, 0.15) is 24.0 Å². The van der Waals surface area contributed by atoms with Crippen LogP contribution in [-0.2, 0) is 0 Å². The third-order valence-corrected chi connectivity index (χ3v) is 5.67. The molecule has 0 spiro atoms. The zero-order chi connectivity index (χ0) is 16.6. The number of hydrogen-bond acceptors (Lipinski definition) is 2. The molecule has 0 saturated carbocycles. The number of hydrogen-bond donors (Lipinski definition) is 2.